The van der Waals surface area contributed by atoms with Gasteiger partial charge in [-0.2, -0.15) is 0 Å². The number of hydrogen-bond donors (Lipinski definition) is 2. The number of halogens is 1. The molecule has 20 heavy (non-hydrogen) atoms. The van der Waals surface area contributed by atoms with Crippen LogP contribution in [0.3, 0.4) is 0 Å². The molecule has 5 heteroatoms. The fraction of sp³-hybridized carbons (Fsp3) is 0.533. The number of benzene rings is 1. The third-order valence-electron chi connectivity index (χ3n) is 4.14. The number of hydrogen-bond acceptors (Lipinski definition) is 3. The van der Waals surface area contributed by atoms with Crippen LogP contribution in [0.15, 0.2) is 18.2 Å². The molecule has 1 fully saturated rings. The van der Waals surface area contributed by atoms with Gasteiger partial charge in [0, 0.05) is 6.04 Å². The van der Waals surface area contributed by atoms with Crippen molar-refractivity contribution in [2.45, 2.75) is 32.7 Å². The van der Waals surface area contributed by atoms with Crippen LogP contribution in [-0.4, -0.2) is 29.9 Å². The molecule has 3 N–H and O–H groups in total. The fourth-order valence-electron chi connectivity index (χ4n) is 2.66. The Morgan fingerprint density at radius 1 is 1.50 bits per heavy atom. The summed E-state index contributed by atoms with van der Waals surface area (Å²) in [6, 6.07) is 4.37. The first-order valence-corrected chi connectivity index (χ1v) is 7.06. The van der Waals surface area contributed by atoms with Crippen molar-refractivity contribution < 1.29 is 9.18 Å². The quantitative estimate of drug-likeness (QED) is 0.836. The monoisotopic (exact) mass is 279 g/mol. The largest absolute Gasteiger partial charge is 0.397 e. The normalized spacial score (nSPS) is 23.6. The van der Waals surface area contributed by atoms with Gasteiger partial charge in [0.15, 0.2) is 0 Å². The fourth-order valence-corrected chi connectivity index (χ4v) is 2.66. The zero-order valence-electron chi connectivity index (χ0n) is 12.0. The van der Waals surface area contributed by atoms with Gasteiger partial charge >= 0.3 is 0 Å². The Kier molecular flexibility index (Phi) is 4.60. The number of piperidine rings is 1. The van der Waals surface area contributed by atoms with Crippen LogP contribution in [0, 0.1) is 11.7 Å². The van der Waals surface area contributed by atoms with Crippen molar-refractivity contribution in [2.75, 3.05) is 24.1 Å². The van der Waals surface area contributed by atoms with Crippen molar-refractivity contribution in [1.82, 2.24) is 4.90 Å². The van der Waals surface area contributed by atoms with Crippen molar-refractivity contribution in [2.24, 2.45) is 5.92 Å². The molecule has 1 aliphatic heterocycles. The van der Waals surface area contributed by atoms with Gasteiger partial charge in [-0.05, 0) is 50.4 Å². The molecule has 1 heterocycles. The second-order valence-electron chi connectivity index (χ2n) is 5.61. The number of carbonyl (C=O) groups is 1. The van der Waals surface area contributed by atoms with Gasteiger partial charge in [-0.15, -0.1) is 0 Å². The number of carbonyl (C=O) groups excluding carboxylic acids is 1. The molecule has 0 radical (unpaired) electrons. The Bertz CT molecular complexity index is 492. The molecule has 2 unspecified atom stereocenters. The van der Waals surface area contributed by atoms with Gasteiger partial charge in [-0.3, -0.25) is 9.69 Å². The average Bonchev–Trinajstić information content (AvgIpc) is 2.39. The van der Waals surface area contributed by atoms with E-state index in [4.69, 9.17) is 5.73 Å². The van der Waals surface area contributed by atoms with E-state index in [1.807, 2.05) is 0 Å². The smallest absolute Gasteiger partial charge is 0.238 e. The molecule has 1 amide bonds. The van der Waals surface area contributed by atoms with Crippen molar-refractivity contribution in [3.63, 3.8) is 0 Å². The predicted octanol–water partition coefficient (Wildman–Crippen LogP) is 2.47. The minimum Gasteiger partial charge on any atom is -0.397 e. The average molecular weight is 279 g/mol. The summed E-state index contributed by atoms with van der Waals surface area (Å²) in [5.41, 5.74) is 6.44. The molecule has 4 nitrogen and oxygen atoms in total. The lowest BCUT2D eigenvalue weighted by atomic mass is 9.92. The number of nitrogen functional groups attached to an aromatic ring is 1. The maximum absolute atomic E-state index is 13.2. The molecule has 0 aromatic heterocycles. The molecule has 0 aliphatic carbocycles. The SMILES string of the molecule is CC1CCCN(CC(=O)Nc2cc(F)ccc2N)C1C. The van der Waals surface area contributed by atoms with Gasteiger partial charge in [-0.25, -0.2) is 4.39 Å². The summed E-state index contributed by atoms with van der Waals surface area (Å²) in [4.78, 5) is 14.2. The van der Waals surface area contributed by atoms with Crippen LogP contribution < -0.4 is 11.1 Å². The van der Waals surface area contributed by atoms with E-state index in [0.29, 0.717) is 29.9 Å². The van der Waals surface area contributed by atoms with Crippen molar-refractivity contribution in [3.05, 3.63) is 24.0 Å². The van der Waals surface area contributed by atoms with Gasteiger partial charge in [0.25, 0.3) is 0 Å². The predicted molar refractivity (Wildman–Crippen MR) is 78.9 cm³/mol. The minimum absolute atomic E-state index is 0.150. The Hall–Kier alpha value is -1.62. The highest BCUT2D eigenvalue weighted by molar-refractivity contribution is 5.95. The van der Waals surface area contributed by atoms with E-state index in [-0.39, 0.29) is 5.91 Å². The molecule has 110 valence electrons. The Labute approximate surface area is 119 Å². The third-order valence-corrected chi connectivity index (χ3v) is 4.14. The van der Waals surface area contributed by atoms with E-state index in [0.717, 1.165) is 13.0 Å². The number of rotatable bonds is 3. The van der Waals surface area contributed by atoms with Crippen LogP contribution >= 0.6 is 0 Å². The highest BCUT2D eigenvalue weighted by atomic mass is 19.1. The standard InChI is InChI=1S/C15H22FN3O/c1-10-4-3-7-19(11(10)2)9-15(20)18-14-8-12(16)5-6-13(14)17/h5-6,8,10-11H,3-4,7,9,17H2,1-2H3,(H,18,20). The van der Waals surface area contributed by atoms with Crippen LogP contribution in [0.2, 0.25) is 0 Å². The molecule has 0 spiro atoms. The Morgan fingerprint density at radius 3 is 3.00 bits per heavy atom. The van der Waals surface area contributed by atoms with Crippen LogP contribution in [0.4, 0.5) is 15.8 Å². The summed E-state index contributed by atoms with van der Waals surface area (Å²) >= 11 is 0. The summed E-state index contributed by atoms with van der Waals surface area (Å²) in [5.74, 6) is 0.0356. The highest BCUT2D eigenvalue weighted by Gasteiger charge is 2.26. The summed E-state index contributed by atoms with van der Waals surface area (Å²) in [7, 11) is 0. The highest BCUT2D eigenvalue weighted by Crippen LogP contribution is 2.23. The van der Waals surface area contributed by atoms with E-state index in [1.165, 1.54) is 24.6 Å². The number of nitrogens with zero attached hydrogens (tertiary/aromatic N) is 1. The molecular formula is C15H22FN3O. The number of likely N-dealkylation sites (tertiary alicyclic amines) is 1. The van der Waals surface area contributed by atoms with Crippen LogP contribution in [0.1, 0.15) is 26.7 Å². The summed E-state index contributed by atoms with van der Waals surface area (Å²) in [6.07, 6.45) is 2.32. The molecule has 2 rings (SSSR count). The van der Waals surface area contributed by atoms with Crippen molar-refractivity contribution >= 4 is 17.3 Å². The minimum atomic E-state index is -0.408. The molecule has 1 saturated heterocycles. The van der Waals surface area contributed by atoms with E-state index >= 15 is 0 Å². The van der Waals surface area contributed by atoms with E-state index in [2.05, 4.69) is 24.1 Å². The van der Waals surface area contributed by atoms with E-state index in [1.54, 1.807) is 0 Å². The lowest BCUT2D eigenvalue weighted by Gasteiger charge is -2.37. The number of nitrogens with two attached hydrogens (primary N) is 1. The molecular weight excluding hydrogens is 257 g/mol. The van der Waals surface area contributed by atoms with Gasteiger partial charge in [-0.1, -0.05) is 6.92 Å². The van der Waals surface area contributed by atoms with Crippen molar-refractivity contribution in [1.29, 1.82) is 0 Å². The van der Waals surface area contributed by atoms with Gasteiger partial charge in [0.05, 0.1) is 17.9 Å². The van der Waals surface area contributed by atoms with Gasteiger partial charge < -0.3 is 11.1 Å². The van der Waals surface area contributed by atoms with Crippen LogP contribution in [0.25, 0.3) is 0 Å². The summed E-state index contributed by atoms with van der Waals surface area (Å²) in [5, 5.41) is 2.69. The number of amides is 1. The zero-order chi connectivity index (χ0) is 14.7. The lowest BCUT2D eigenvalue weighted by Crippen LogP contribution is -2.46. The topological polar surface area (TPSA) is 58.4 Å². The Morgan fingerprint density at radius 2 is 2.25 bits per heavy atom. The van der Waals surface area contributed by atoms with E-state index < -0.39 is 5.82 Å². The van der Waals surface area contributed by atoms with Crippen LogP contribution in [0.5, 0.6) is 0 Å². The number of anilines is 2. The van der Waals surface area contributed by atoms with Gasteiger partial charge in [0.1, 0.15) is 5.82 Å². The second-order valence-corrected chi connectivity index (χ2v) is 5.61. The Balaban J connectivity index is 1.97. The van der Waals surface area contributed by atoms with Gasteiger partial charge in [0.2, 0.25) is 5.91 Å². The maximum atomic E-state index is 13.2. The molecule has 0 bridgehead atoms. The first-order valence-electron chi connectivity index (χ1n) is 7.06. The molecule has 1 aromatic carbocycles. The number of nitrogens with one attached hydrogen (secondary N) is 1. The first-order chi connectivity index (χ1) is 9.47. The molecule has 1 aliphatic rings. The van der Waals surface area contributed by atoms with Crippen molar-refractivity contribution in [3.8, 4) is 0 Å². The lowest BCUT2D eigenvalue weighted by molar-refractivity contribution is -0.118. The molecule has 2 atom stereocenters. The molecule has 1 aromatic rings. The second kappa shape index (κ2) is 6.22. The summed E-state index contributed by atoms with van der Waals surface area (Å²) in [6.45, 7) is 5.60. The summed E-state index contributed by atoms with van der Waals surface area (Å²) < 4.78 is 13.2. The first kappa shape index (κ1) is 14.8. The molecule has 0 saturated carbocycles. The van der Waals surface area contributed by atoms with E-state index in [9.17, 15) is 9.18 Å². The maximum Gasteiger partial charge on any atom is 0.238 e. The third kappa shape index (κ3) is 3.48. The zero-order valence-corrected chi connectivity index (χ0v) is 12.0. The van der Waals surface area contributed by atoms with Crippen LogP contribution in [-0.2, 0) is 4.79 Å².